The highest BCUT2D eigenvalue weighted by molar-refractivity contribution is 8.18. The van der Waals surface area contributed by atoms with Gasteiger partial charge in [-0.15, -0.1) is 0 Å². The predicted molar refractivity (Wildman–Crippen MR) is 127 cm³/mol. The third kappa shape index (κ3) is 4.40. The van der Waals surface area contributed by atoms with Crippen molar-refractivity contribution in [1.82, 2.24) is 4.90 Å². The average Bonchev–Trinajstić information content (AvgIpc) is 3.42. The Morgan fingerprint density at radius 3 is 2.48 bits per heavy atom. The number of furan rings is 1. The van der Waals surface area contributed by atoms with E-state index in [4.69, 9.17) is 16.0 Å². The SMILES string of the molecule is O=C1N=C(N2CCN(c3cccc(Cl)c3)CC2)S/C1=C/c1ccc(-c2ccccc2)o1. The van der Waals surface area contributed by atoms with E-state index < -0.39 is 0 Å². The number of thioether (sulfide) groups is 1. The van der Waals surface area contributed by atoms with Gasteiger partial charge in [0.05, 0.1) is 4.91 Å². The molecule has 2 aromatic carbocycles. The number of hydrogen-bond acceptors (Lipinski definition) is 5. The number of carbonyl (C=O) groups excluding carboxylic acids is 1. The molecule has 0 radical (unpaired) electrons. The van der Waals surface area contributed by atoms with Crippen LogP contribution in [0.1, 0.15) is 5.76 Å². The molecule has 7 heteroatoms. The van der Waals surface area contributed by atoms with Crippen molar-refractivity contribution in [3.63, 3.8) is 0 Å². The van der Waals surface area contributed by atoms with Gasteiger partial charge in [-0.1, -0.05) is 48.0 Å². The number of amides is 1. The van der Waals surface area contributed by atoms with Gasteiger partial charge in [0.1, 0.15) is 11.5 Å². The van der Waals surface area contributed by atoms with Gasteiger partial charge >= 0.3 is 0 Å². The number of aliphatic imine (C=N–C) groups is 1. The molecule has 1 saturated heterocycles. The minimum Gasteiger partial charge on any atom is -0.457 e. The highest BCUT2D eigenvalue weighted by Crippen LogP contribution is 2.32. The van der Waals surface area contributed by atoms with Crippen molar-refractivity contribution in [1.29, 1.82) is 0 Å². The van der Waals surface area contributed by atoms with Crippen LogP contribution in [-0.4, -0.2) is 42.2 Å². The Balaban J connectivity index is 1.23. The first kappa shape index (κ1) is 20.0. The van der Waals surface area contributed by atoms with E-state index in [0.29, 0.717) is 10.7 Å². The summed E-state index contributed by atoms with van der Waals surface area (Å²) in [6, 6.07) is 21.6. The minimum absolute atomic E-state index is 0.213. The largest absolute Gasteiger partial charge is 0.457 e. The summed E-state index contributed by atoms with van der Waals surface area (Å²) in [7, 11) is 0. The van der Waals surface area contributed by atoms with Crippen LogP contribution in [0.5, 0.6) is 0 Å². The molecule has 0 spiro atoms. The topological polar surface area (TPSA) is 49.1 Å². The molecular weight excluding hydrogens is 430 g/mol. The van der Waals surface area contributed by atoms with Gasteiger partial charge in [-0.2, -0.15) is 4.99 Å². The van der Waals surface area contributed by atoms with Gasteiger partial charge in [-0.05, 0) is 42.1 Å². The second kappa shape index (κ2) is 8.65. The normalized spacial score (nSPS) is 18.0. The maximum Gasteiger partial charge on any atom is 0.286 e. The molecule has 0 aliphatic carbocycles. The molecule has 2 aliphatic rings. The molecule has 5 rings (SSSR count). The lowest BCUT2D eigenvalue weighted by atomic mass is 10.2. The molecule has 0 unspecified atom stereocenters. The molecular formula is C24H20ClN3O2S. The zero-order chi connectivity index (χ0) is 21.2. The van der Waals surface area contributed by atoms with Crippen LogP contribution in [0.2, 0.25) is 5.02 Å². The summed E-state index contributed by atoms with van der Waals surface area (Å²) < 4.78 is 5.91. The Morgan fingerprint density at radius 2 is 1.71 bits per heavy atom. The summed E-state index contributed by atoms with van der Waals surface area (Å²) in [5.74, 6) is 1.22. The van der Waals surface area contributed by atoms with Crippen molar-refractivity contribution >= 4 is 46.2 Å². The number of halogens is 1. The summed E-state index contributed by atoms with van der Waals surface area (Å²) in [5.41, 5.74) is 2.13. The summed E-state index contributed by atoms with van der Waals surface area (Å²) >= 11 is 7.53. The standard InChI is InChI=1S/C24H20ClN3O2S/c25-18-7-4-8-19(15-18)27-11-13-28(14-12-27)24-26-23(29)22(31-24)16-20-9-10-21(30-20)17-5-2-1-3-6-17/h1-10,15-16H,11-14H2/b22-16+. The lowest BCUT2D eigenvalue weighted by Gasteiger charge is -2.36. The molecule has 1 amide bonds. The second-order valence-electron chi connectivity index (χ2n) is 7.33. The molecule has 156 valence electrons. The lowest BCUT2D eigenvalue weighted by molar-refractivity contribution is -0.113. The van der Waals surface area contributed by atoms with Crippen LogP contribution in [-0.2, 0) is 4.79 Å². The summed E-state index contributed by atoms with van der Waals surface area (Å²) in [6.45, 7) is 3.31. The second-order valence-corrected chi connectivity index (χ2v) is 8.78. The fourth-order valence-corrected chi connectivity index (χ4v) is 4.81. The van der Waals surface area contributed by atoms with Crippen molar-refractivity contribution in [3.05, 3.63) is 82.4 Å². The van der Waals surface area contributed by atoms with E-state index in [0.717, 1.165) is 53.4 Å². The predicted octanol–water partition coefficient (Wildman–Crippen LogP) is 5.39. The van der Waals surface area contributed by atoms with Crippen LogP contribution in [0, 0.1) is 0 Å². The van der Waals surface area contributed by atoms with Crippen molar-refractivity contribution in [2.75, 3.05) is 31.1 Å². The molecule has 1 fully saturated rings. The Labute approximate surface area is 190 Å². The number of carbonyl (C=O) groups is 1. The van der Waals surface area contributed by atoms with Crippen LogP contribution in [0.4, 0.5) is 5.69 Å². The van der Waals surface area contributed by atoms with Crippen LogP contribution in [0.3, 0.4) is 0 Å². The van der Waals surface area contributed by atoms with E-state index in [9.17, 15) is 4.79 Å². The van der Waals surface area contributed by atoms with E-state index in [1.54, 1.807) is 6.08 Å². The smallest absolute Gasteiger partial charge is 0.286 e. The first-order valence-corrected chi connectivity index (χ1v) is 11.3. The first-order chi connectivity index (χ1) is 15.2. The average molecular weight is 450 g/mol. The molecule has 3 aromatic rings. The summed E-state index contributed by atoms with van der Waals surface area (Å²) in [5, 5.41) is 1.50. The Kier molecular flexibility index (Phi) is 5.57. The van der Waals surface area contributed by atoms with Crippen LogP contribution in [0.15, 0.2) is 81.0 Å². The Bertz CT molecular complexity index is 1160. The van der Waals surface area contributed by atoms with E-state index in [1.807, 2.05) is 60.7 Å². The van der Waals surface area contributed by atoms with Crippen LogP contribution >= 0.6 is 23.4 Å². The van der Waals surface area contributed by atoms with E-state index >= 15 is 0 Å². The minimum atomic E-state index is -0.213. The van der Waals surface area contributed by atoms with E-state index in [1.165, 1.54) is 11.8 Å². The maximum absolute atomic E-state index is 12.5. The number of nitrogens with zero attached hydrogens (tertiary/aromatic N) is 3. The van der Waals surface area contributed by atoms with Crippen molar-refractivity contribution in [2.45, 2.75) is 0 Å². The molecule has 0 N–H and O–H groups in total. The van der Waals surface area contributed by atoms with Gasteiger partial charge in [0, 0.05) is 48.5 Å². The molecule has 2 aliphatic heterocycles. The van der Waals surface area contributed by atoms with Gasteiger partial charge < -0.3 is 14.2 Å². The van der Waals surface area contributed by atoms with Gasteiger partial charge in [0.15, 0.2) is 5.17 Å². The van der Waals surface area contributed by atoms with Crippen molar-refractivity contribution in [2.24, 2.45) is 4.99 Å². The van der Waals surface area contributed by atoms with Crippen molar-refractivity contribution in [3.8, 4) is 11.3 Å². The molecule has 1 aromatic heterocycles. The molecule has 5 nitrogen and oxygen atoms in total. The molecule has 31 heavy (non-hydrogen) atoms. The first-order valence-electron chi connectivity index (χ1n) is 10.1. The fourth-order valence-electron chi connectivity index (χ4n) is 3.68. The number of amidine groups is 1. The van der Waals surface area contributed by atoms with E-state index in [-0.39, 0.29) is 5.91 Å². The van der Waals surface area contributed by atoms with Crippen LogP contribution in [0.25, 0.3) is 17.4 Å². The number of piperazine rings is 1. The lowest BCUT2D eigenvalue weighted by Crippen LogP contribution is -2.47. The third-order valence-electron chi connectivity index (χ3n) is 5.29. The number of benzene rings is 2. The van der Waals surface area contributed by atoms with Crippen molar-refractivity contribution < 1.29 is 9.21 Å². The number of anilines is 1. The monoisotopic (exact) mass is 449 g/mol. The van der Waals surface area contributed by atoms with Gasteiger partial charge in [-0.3, -0.25) is 4.79 Å². The molecule has 0 bridgehead atoms. The number of rotatable bonds is 3. The third-order valence-corrected chi connectivity index (χ3v) is 6.57. The zero-order valence-corrected chi connectivity index (χ0v) is 18.3. The highest BCUT2D eigenvalue weighted by atomic mass is 35.5. The van der Waals surface area contributed by atoms with Gasteiger partial charge in [-0.25, -0.2) is 0 Å². The highest BCUT2D eigenvalue weighted by Gasteiger charge is 2.29. The Hall–Kier alpha value is -2.96. The van der Waals surface area contributed by atoms with Crippen LogP contribution < -0.4 is 4.90 Å². The van der Waals surface area contributed by atoms with E-state index in [2.05, 4.69) is 20.9 Å². The summed E-state index contributed by atoms with van der Waals surface area (Å²) in [4.78, 5) is 21.8. The Morgan fingerprint density at radius 1 is 0.935 bits per heavy atom. The quantitative estimate of drug-likeness (QED) is 0.501. The van der Waals surface area contributed by atoms with Gasteiger partial charge in [0.25, 0.3) is 5.91 Å². The van der Waals surface area contributed by atoms with Gasteiger partial charge in [0.2, 0.25) is 0 Å². The molecule has 0 saturated carbocycles. The molecule has 0 atom stereocenters. The number of hydrogen-bond donors (Lipinski definition) is 0. The maximum atomic E-state index is 12.5. The summed E-state index contributed by atoms with van der Waals surface area (Å²) in [6.07, 6.45) is 1.78. The molecule has 3 heterocycles. The zero-order valence-electron chi connectivity index (χ0n) is 16.7. The fraction of sp³-hybridized carbons (Fsp3) is 0.167.